The lowest BCUT2D eigenvalue weighted by molar-refractivity contribution is -0.872. The van der Waals surface area contributed by atoms with E-state index in [0.29, 0.717) is 12.1 Å². The molecule has 30 heavy (non-hydrogen) atoms. The van der Waals surface area contributed by atoms with E-state index in [0.717, 1.165) is 23.6 Å². The van der Waals surface area contributed by atoms with Crippen molar-refractivity contribution in [3.05, 3.63) is 66.2 Å². The summed E-state index contributed by atoms with van der Waals surface area (Å²) < 4.78 is 10.6. The van der Waals surface area contributed by atoms with Crippen LogP contribution in [-0.4, -0.2) is 43.1 Å². The van der Waals surface area contributed by atoms with Gasteiger partial charge in [-0.2, -0.15) is 0 Å². The van der Waals surface area contributed by atoms with E-state index in [2.05, 4.69) is 14.1 Å². The van der Waals surface area contributed by atoms with Gasteiger partial charge in [-0.1, -0.05) is 6.07 Å². The fourth-order valence-corrected chi connectivity index (χ4v) is 2.42. The molecule has 2 aromatic carbocycles. The fourth-order valence-electron chi connectivity index (χ4n) is 2.42. The second kappa shape index (κ2) is 10.5. The predicted octanol–water partition coefficient (Wildman–Crippen LogP) is 0.833. The summed E-state index contributed by atoms with van der Waals surface area (Å²) in [6, 6.07) is 6.62. The van der Waals surface area contributed by atoms with Crippen LogP contribution in [0.3, 0.4) is 0 Å². The third kappa shape index (κ3) is 6.00. The van der Waals surface area contributed by atoms with Crippen molar-refractivity contribution < 1.29 is 34.3 Å². The van der Waals surface area contributed by atoms with Gasteiger partial charge >= 0.3 is 0 Å². The lowest BCUT2D eigenvalue weighted by atomic mass is 10.1. The standard InChI is InChI=1S/C11H17NO2.C6H3N3O7/c1-12(2)8-9-10(13-3)6-5-7-11(9)14-4;10-6-4(8(13)14)1-3(7(11)12)2-5(6)9(15)16/h5-7H,8H2,1-4H3;1-2,10H. The molecule has 0 fully saturated rings. The second-order valence-corrected chi connectivity index (χ2v) is 6.11. The molecule has 0 saturated carbocycles. The molecule has 0 spiro atoms. The maximum atomic E-state index is 11.1. The molecule has 1 N–H and O–H groups in total. The highest BCUT2D eigenvalue weighted by Gasteiger charge is 2.24. The van der Waals surface area contributed by atoms with Crippen LogP contribution in [0.1, 0.15) is 5.56 Å². The number of quaternary nitrogens is 1. The van der Waals surface area contributed by atoms with Crippen molar-refractivity contribution in [3.63, 3.8) is 0 Å². The van der Waals surface area contributed by atoms with E-state index in [4.69, 9.17) is 9.47 Å². The largest absolute Gasteiger partial charge is 0.863 e. The van der Waals surface area contributed by atoms with Gasteiger partial charge in [0.2, 0.25) is 0 Å². The summed E-state index contributed by atoms with van der Waals surface area (Å²) in [7, 11) is 7.57. The van der Waals surface area contributed by atoms with Crippen LogP contribution >= 0.6 is 0 Å². The molecule has 0 amide bonds. The lowest BCUT2D eigenvalue weighted by Gasteiger charge is -2.14. The molecule has 0 heterocycles. The minimum atomic E-state index is -1.46. The third-order valence-corrected chi connectivity index (χ3v) is 3.70. The first kappa shape index (κ1) is 24.0. The summed E-state index contributed by atoms with van der Waals surface area (Å²) in [5.74, 6) is 0.330. The van der Waals surface area contributed by atoms with Gasteiger partial charge in [-0.15, -0.1) is 0 Å². The van der Waals surface area contributed by atoms with Gasteiger partial charge in [-0.3, -0.25) is 30.3 Å². The molecule has 2 rings (SSSR count). The topological polar surface area (TPSA) is 175 Å². The zero-order valence-electron chi connectivity index (χ0n) is 16.6. The van der Waals surface area contributed by atoms with Crippen LogP contribution in [-0.2, 0) is 6.54 Å². The Kier molecular flexibility index (Phi) is 8.43. The molecule has 0 aromatic heterocycles. The van der Waals surface area contributed by atoms with E-state index >= 15 is 0 Å². The van der Waals surface area contributed by atoms with E-state index in [9.17, 15) is 35.4 Å². The average molecular weight is 424 g/mol. The SMILES string of the molecule is COc1cccc(OC)c1C[NH+](C)C.O=[N+]([O-])c1cc([N+](=O)[O-])c([O-])c([N+](=O)[O-])c1. The van der Waals surface area contributed by atoms with Crippen molar-refractivity contribution in [3.8, 4) is 17.2 Å². The van der Waals surface area contributed by atoms with Crippen LogP contribution in [0.5, 0.6) is 17.2 Å². The molecule has 0 unspecified atom stereocenters. The number of nitro benzene ring substituents is 3. The van der Waals surface area contributed by atoms with Gasteiger partial charge in [0.15, 0.2) is 0 Å². The Morgan fingerprint density at radius 1 is 0.867 bits per heavy atom. The van der Waals surface area contributed by atoms with Crippen LogP contribution in [0.25, 0.3) is 0 Å². The first-order chi connectivity index (χ1) is 14.0. The van der Waals surface area contributed by atoms with Crippen molar-refractivity contribution in [2.24, 2.45) is 0 Å². The number of hydrogen-bond donors (Lipinski definition) is 1. The Bertz CT molecular complexity index is 890. The number of ether oxygens (including phenoxy) is 2. The maximum absolute atomic E-state index is 11.1. The summed E-state index contributed by atoms with van der Waals surface area (Å²) >= 11 is 0. The van der Waals surface area contributed by atoms with E-state index in [-0.39, 0.29) is 0 Å². The molecule has 162 valence electrons. The van der Waals surface area contributed by atoms with Crippen molar-refractivity contribution in [1.82, 2.24) is 0 Å². The van der Waals surface area contributed by atoms with E-state index in [1.807, 2.05) is 18.2 Å². The molecule has 0 bridgehead atoms. The first-order valence-corrected chi connectivity index (χ1v) is 8.30. The normalized spacial score (nSPS) is 10.0. The van der Waals surface area contributed by atoms with E-state index < -0.39 is 37.6 Å². The minimum Gasteiger partial charge on any atom is -0.863 e. The first-order valence-electron chi connectivity index (χ1n) is 8.30. The van der Waals surface area contributed by atoms with Crippen molar-refractivity contribution in [2.45, 2.75) is 6.54 Å². The molecule has 0 aliphatic heterocycles. The van der Waals surface area contributed by atoms with Crippen molar-refractivity contribution >= 4 is 17.1 Å². The average Bonchev–Trinajstić information content (AvgIpc) is 2.67. The summed E-state index contributed by atoms with van der Waals surface area (Å²) in [6.07, 6.45) is 0. The van der Waals surface area contributed by atoms with Gasteiger partial charge in [0.25, 0.3) is 17.1 Å². The summed E-state index contributed by atoms with van der Waals surface area (Å²) in [4.78, 5) is 28.9. The van der Waals surface area contributed by atoms with Crippen LogP contribution in [0.4, 0.5) is 17.1 Å². The van der Waals surface area contributed by atoms with Crippen molar-refractivity contribution in [1.29, 1.82) is 0 Å². The highest BCUT2D eigenvalue weighted by Crippen LogP contribution is 2.36. The molecule has 0 aliphatic rings. The Hall–Kier alpha value is -4.00. The lowest BCUT2D eigenvalue weighted by Crippen LogP contribution is -3.04. The molecule has 0 aliphatic carbocycles. The molecule has 0 atom stereocenters. The molecule has 2 aromatic rings. The summed E-state index contributed by atoms with van der Waals surface area (Å²) in [5, 5.41) is 42.1. The van der Waals surface area contributed by atoms with Gasteiger partial charge < -0.3 is 19.5 Å². The monoisotopic (exact) mass is 424 g/mol. The minimum absolute atomic E-state index is 0.384. The summed E-state index contributed by atoms with van der Waals surface area (Å²) in [5.41, 5.74) is -2.14. The number of nitrogens with zero attached hydrogens (tertiary/aromatic N) is 3. The van der Waals surface area contributed by atoms with E-state index in [1.54, 1.807) is 14.2 Å². The van der Waals surface area contributed by atoms with Gasteiger partial charge in [0.1, 0.15) is 18.0 Å². The number of nitro groups is 3. The highest BCUT2D eigenvalue weighted by atomic mass is 16.6. The Morgan fingerprint density at radius 3 is 1.60 bits per heavy atom. The molecule has 13 nitrogen and oxygen atoms in total. The second-order valence-electron chi connectivity index (χ2n) is 6.11. The predicted molar refractivity (Wildman–Crippen MR) is 102 cm³/mol. The Balaban J connectivity index is 0.000000303. The molecular weight excluding hydrogens is 404 g/mol. The van der Waals surface area contributed by atoms with Crippen LogP contribution in [0, 0.1) is 30.3 Å². The Labute approximate surface area is 170 Å². The molecular formula is C17H20N4O9. The van der Waals surface area contributed by atoms with E-state index in [1.165, 1.54) is 4.90 Å². The van der Waals surface area contributed by atoms with Crippen molar-refractivity contribution in [2.75, 3.05) is 28.3 Å². The maximum Gasteiger partial charge on any atom is 0.283 e. The summed E-state index contributed by atoms with van der Waals surface area (Å²) in [6.45, 7) is 0.896. The van der Waals surface area contributed by atoms with Gasteiger partial charge in [-0.25, -0.2) is 0 Å². The molecule has 13 heteroatoms. The zero-order valence-corrected chi connectivity index (χ0v) is 16.6. The van der Waals surface area contributed by atoms with Crippen LogP contribution in [0.2, 0.25) is 0 Å². The number of methoxy groups -OCH3 is 2. The number of nitrogens with one attached hydrogen (secondary N) is 1. The zero-order chi connectivity index (χ0) is 23.0. The van der Waals surface area contributed by atoms with Gasteiger partial charge in [0.05, 0.1) is 66.5 Å². The smallest absolute Gasteiger partial charge is 0.283 e. The Morgan fingerprint density at radius 2 is 1.30 bits per heavy atom. The van der Waals surface area contributed by atoms with Gasteiger partial charge in [-0.05, 0) is 12.1 Å². The fraction of sp³-hybridized carbons (Fsp3) is 0.294. The quantitative estimate of drug-likeness (QED) is 0.498. The van der Waals surface area contributed by atoms with Crippen LogP contribution in [0.15, 0.2) is 30.3 Å². The highest BCUT2D eigenvalue weighted by molar-refractivity contribution is 5.64. The third-order valence-electron chi connectivity index (χ3n) is 3.70. The number of rotatable bonds is 7. The molecule has 0 radical (unpaired) electrons. The number of non-ortho nitro benzene ring substituents is 1. The van der Waals surface area contributed by atoms with Gasteiger partial charge in [0, 0.05) is 0 Å². The van der Waals surface area contributed by atoms with Crippen LogP contribution < -0.4 is 19.5 Å². The molecule has 0 saturated heterocycles. The number of hydrogen-bond acceptors (Lipinski definition) is 9. The number of benzene rings is 2.